The van der Waals surface area contributed by atoms with Crippen LogP contribution in [0.1, 0.15) is 38.3 Å². The van der Waals surface area contributed by atoms with Gasteiger partial charge in [-0.25, -0.2) is 0 Å². The summed E-state index contributed by atoms with van der Waals surface area (Å²) in [6.45, 7) is 6.24. The van der Waals surface area contributed by atoms with Gasteiger partial charge in [-0.3, -0.25) is 4.90 Å². The van der Waals surface area contributed by atoms with Crippen LogP contribution in [0.15, 0.2) is 18.2 Å². The van der Waals surface area contributed by atoms with Gasteiger partial charge in [-0.05, 0) is 56.0 Å². The number of piperidine rings is 1. The molecule has 1 saturated heterocycles. The summed E-state index contributed by atoms with van der Waals surface area (Å²) >= 11 is 12.4. The van der Waals surface area contributed by atoms with Crippen molar-refractivity contribution in [2.75, 3.05) is 13.1 Å². The van der Waals surface area contributed by atoms with E-state index in [1.165, 1.54) is 12.8 Å². The van der Waals surface area contributed by atoms with Crippen molar-refractivity contribution < 1.29 is 0 Å². The van der Waals surface area contributed by atoms with Crippen LogP contribution in [0, 0.1) is 5.92 Å². The Bertz CT molecular complexity index is 436. The Labute approximate surface area is 125 Å². The van der Waals surface area contributed by atoms with Crippen LogP contribution in [0.2, 0.25) is 10.0 Å². The minimum atomic E-state index is 0.156. The van der Waals surface area contributed by atoms with E-state index in [2.05, 4.69) is 18.7 Å². The average Bonchev–Trinajstić information content (AvgIpc) is 2.39. The van der Waals surface area contributed by atoms with Crippen LogP contribution < -0.4 is 5.73 Å². The minimum absolute atomic E-state index is 0.156. The van der Waals surface area contributed by atoms with Crippen molar-refractivity contribution >= 4 is 23.2 Å². The molecule has 0 saturated carbocycles. The fourth-order valence-electron chi connectivity index (χ4n) is 3.02. The highest BCUT2D eigenvalue weighted by Gasteiger charge is 2.31. The molecule has 3 atom stereocenters. The molecule has 2 rings (SSSR count). The smallest absolute Gasteiger partial charge is 0.0488 e. The first-order valence-electron chi connectivity index (χ1n) is 6.95. The fraction of sp³-hybridized carbons (Fsp3) is 0.600. The van der Waals surface area contributed by atoms with E-state index in [-0.39, 0.29) is 6.04 Å². The van der Waals surface area contributed by atoms with Gasteiger partial charge in [0.15, 0.2) is 0 Å². The number of hydrogen-bond acceptors (Lipinski definition) is 2. The molecule has 0 amide bonds. The second kappa shape index (κ2) is 6.45. The minimum Gasteiger partial charge on any atom is -0.329 e. The molecule has 1 aliphatic heterocycles. The quantitative estimate of drug-likeness (QED) is 0.910. The Hall–Kier alpha value is -0.280. The number of nitrogens with two attached hydrogens (primary N) is 1. The molecule has 1 heterocycles. The lowest BCUT2D eigenvalue weighted by molar-refractivity contribution is 0.0710. The summed E-state index contributed by atoms with van der Waals surface area (Å²) in [4.78, 5) is 2.48. The lowest BCUT2D eigenvalue weighted by Crippen LogP contribution is -2.46. The monoisotopic (exact) mass is 300 g/mol. The first-order valence-corrected chi connectivity index (χ1v) is 7.71. The van der Waals surface area contributed by atoms with Crippen LogP contribution >= 0.6 is 23.2 Å². The summed E-state index contributed by atoms with van der Waals surface area (Å²) in [7, 11) is 0. The van der Waals surface area contributed by atoms with E-state index in [1.807, 2.05) is 18.2 Å². The van der Waals surface area contributed by atoms with E-state index >= 15 is 0 Å². The molecule has 2 N–H and O–H groups in total. The molecule has 1 aromatic carbocycles. The van der Waals surface area contributed by atoms with E-state index in [1.54, 1.807) is 0 Å². The molecule has 0 spiro atoms. The zero-order chi connectivity index (χ0) is 14.0. The van der Waals surface area contributed by atoms with Crippen molar-refractivity contribution in [1.82, 2.24) is 4.90 Å². The highest BCUT2D eigenvalue weighted by molar-refractivity contribution is 6.33. The summed E-state index contributed by atoms with van der Waals surface area (Å²) in [5, 5.41) is 1.47. The number of rotatable bonds is 3. The van der Waals surface area contributed by atoms with Crippen molar-refractivity contribution in [3.63, 3.8) is 0 Å². The highest BCUT2D eigenvalue weighted by Crippen LogP contribution is 2.35. The van der Waals surface area contributed by atoms with Gasteiger partial charge in [0.1, 0.15) is 0 Å². The van der Waals surface area contributed by atoms with Crippen LogP contribution in [-0.4, -0.2) is 24.0 Å². The Morgan fingerprint density at radius 2 is 2.11 bits per heavy atom. The second-order valence-electron chi connectivity index (χ2n) is 5.52. The Morgan fingerprint density at radius 3 is 2.79 bits per heavy atom. The zero-order valence-corrected chi connectivity index (χ0v) is 13.1. The van der Waals surface area contributed by atoms with Gasteiger partial charge < -0.3 is 5.73 Å². The molecule has 3 unspecified atom stereocenters. The third kappa shape index (κ3) is 3.25. The van der Waals surface area contributed by atoms with Crippen molar-refractivity contribution in [2.45, 2.75) is 38.8 Å². The Balaban J connectivity index is 2.30. The highest BCUT2D eigenvalue weighted by atomic mass is 35.5. The topological polar surface area (TPSA) is 29.3 Å². The molecule has 106 valence electrons. The van der Waals surface area contributed by atoms with Gasteiger partial charge in [0.25, 0.3) is 0 Å². The maximum absolute atomic E-state index is 6.33. The molecule has 19 heavy (non-hydrogen) atoms. The second-order valence-corrected chi connectivity index (χ2v) is 6.36. The predicted molar refractivity (Wildman–Crippen MR) is 82.8 cm³/mol. The lowest BCUT2D eigenvalue weighted by atomic mass is 9.89. The molecule has 1 fully saturated rings. The molecule has 4 heteroatoms. The van der Waals surface area contributed by atoms with Gasteiger partial charge >= 0.3 is 0 Å². The van der Waals surface area contributed by atoms with Crippen LogP contribution in [0.5, 0.6) is 0 Å². The standard InChI is InChI=1S/C15H22Cl2N2/c1-10-4-3-7-19(11(10)2)15(9-18)13-8-12(16)5-6-14(13)17/h5-6,8,10-11,15H,3-4,7,9,18H2,1-2H3. The van der Waals surface area contributed by atoms with E-state index in [4.69, 9.17) is 28.9 Å². The maximum Gasteiger partial charge on any atom is 0.0488 e. The van der Waals surface area contributed by atoms with Gasteiger partial charge in [-0.15, -0.1) is 0 Å². The molecule has 0 bridgehead atoms. The van der Waals surface area contributed by atoms with Gasteiger partial charge in [-0.1, -0.05) is 30.1 Å². The number of nitrogens with zero attached hydrogens (tertiary/aromatic N) is 1. The Morgan fingerprint density at radius 1 is 1.37 bits per heavy atom. The van der Waals surface area contributed by atoms with Gasteiger partial charge in [0.2, 0.25) is 0 Å². The van der Waals surface area contributed by atoms with Gasteiger partial charge in [0.05, 0.1) is 0 Å². The molecular weight excluding hydrogens is 279 g/mol. The summed E-state index contributed by atoms with van der Waals surface area (Å²) in [6.07, 6.45) is 2.51. The Kier molecular flexibility index (Phi) is 5.13. The fourth-order valence-corrected chi connectivity index (χ4v) is 3.44. The van der Waals surface area contributed by atoms with E-state index in [0.29, 0.717) is 18.5 Å². The normalized spacial score (nSPS) is 26.4. The zero-order valence-electron chi connectivity index (χ0n) is 11.6. The van der Waals surface area contributed by atoms with Crippen molar-refractivity contribution in [2.24, 2.45) is 11.7 Å². The molecule has 0 aromatic heterocycles. The molecule has 0 radical (unpaired) electrons. The van der Waals surface area contributed by atoms with Crippen LogP contribution in [-0.2, 0) is 0 Å². The molecule has 2 nitrogen and oxygen atoms in total. The van der Waals surface area contributed by atoms with E-state index in [9.17, 15) is 0 Å². The van der Waals surface area contributed by atoms with Crippen molar-refractivity contribution in [1.29, 1.82) is 0 Å². The number of likely N-dealkylation sites (tertiary alicyclic amines) is 1. The predicted octanol–water partition coefficient (Wildman–Crippen LogP) is 4.11. The average molecular weight is 301 g/mol. The lowest BCUT2D eigenvalue weighted by Gasteiger charge is -2.43. The summed E-state index contributed by atoms with van der Waals surface area (Å²) in [5.74, 6) is 0.695. The SMILES string of the molecule is CC1CCCN(C(CN)c2cc(Cl)ccc2Cl)C1C. The maximum atomic E-state index is 6.33. The first kappa shape index (κ1) is 15.1. The number of hydrogen-bond donors (Lipinski definition) is 1. The summed E-state index contributed by atoms with van der Waals surface area (Å²) < 4.78 is 0. The molecule has 1 aliphatic rings. The van der Waals surface area contributed by atoms with Gasteiger partial charge in [0, 0.05) is 28.7 Å². The van der Waals surface area contributed by atoms with Crippen molar-refractivity contribution in [3.8, 4) is 0 Å². The number of benzene rings is 1. The third-order valence-electron chi connectivity index (χ3n) is 4.36. The number of halogens is 2. The van der Waals surface area contributed by atoms with Crippen LogP contribution in [0.4, 0.5) is 0 Å². The first-order chi connectivity index (χ1) is 9.04. The van der Waals surface area contributed by atoms with E-state index in [0.717, 1.165) is 22.2 Å². The van der Waals surface area contributed by atoms with Gasteiger partial charge in [-0.2, -0.15) is 0 Å². The summed E-state index contributed by atoms with van der Waals surface area (Å²) in [5.41, 5.74) is 7.07. The third-order valence-corrected chi connectivity index (χ3v) is 4.94. The largest absolute Gasteiger partial charge is 0.329 e. The van der Waals surface area contributed by atoms with Crippen LogP contribution in [0.3, 0.4) is 0 Å². The van der Waals surface area contributed by atoms with Crippen LogP contribution in [0.25, 0.3) is 0 Å². The molecule has 1 aromatic rings. The van der Waals surface area contributed by atoms with Crippen molar-refractivity contribution in [3.05, 3.63) is 33.8 Å². The molecular formula is C15H22Cl2N2. The molecule has 0 aliphatic carbocycles. The van der Waals surface area contributed by atoms with E-state index < -0.39 is 0 Å². The summed E-state index contributed by atoms with van der Waals surface area (Å²) in [6, 6.07) is 6.32.